The zero-order chi connectivity index (χ0) is 20.5. The van der Waals surface area contributed by atoms with E-state index < -0.39 is 0 Å². The molecule has 2 aliphatic heterocycles. The van der Waals surface area contributed by atoms with Crippen molar-refractivity contribution in [2.75, 3.05) is 58.3 Å². The minimum Gasteiger partial charge on any atom is -0.481 e. The minimum atomic E-state index is 0.590. The minimum absolute atomic E-state index is 0.590. The summed E-state index contributed by atoms with van der Waals surface area (Å²) in [4.78, 5) is 16.5. The van der Waals surface area contributed by atoms with Gasteiger partial charge in [0.15, 0.2) is 5.65 Å². The van der Waals surface area contributed by atoms with E-state index in [9.17, 15) is 0 Å². The number of fused-ring (bicyclic) bond motifs is 1. The first-order valence-electron chi connectivity index (χ1n) is 10.7. The van der Waals surface area contributed by atoms with Crippen molar-refractivity contribution in [3.63, 3.8) is 0 Å². The molecule has 8 heteroatoms. The molecule has 158 valence electrons. The monoisotopic (exact) mass is 407 g/mol. The number of piperazine rings is 1. The highest BCUT2D eigenvalue weighted by Crippen LogP contribution is 2.28. The summed E-state index contributed by atoms with van der Waals surface area (Å²) >= 11 is 0. The fourth-order valence-corrected chi connectivity index (χ4v) is 4.60. The molecule has 0 amide bonds. The number of methoxy groups -OCH3 is 1. The molecule has 5 heterocycles. The summed E-state index contributed by atoms with van der Waals surface area (Å²) in [6.45, 7) is 6.91. The average molecular weight is 408 g/mol. The molecule has 2 aliphatic rings. The maximum atomic E-state index is 5.25. The molecule has 8 nitrogen and oxygen atoms in total. The number of aromatic nitrogens is 4. The van der Waals surface area contributed by atoms with Crippen LogP contribution in [0.25, 0.3) is 16.8 Å². The average Bonchev–Trinajstić information content (AvgIpc) is 3.23. The molecule has 0 atom stereocenters. The van der Waals surface area contributed by atoms with Crippen LogP contribution in [0.5, 0.6) is 5.88 Å². The van der Waals surface area contributed by atoms with Crippen molar-refractivity contribution >= 4 is 11.3 Å². The molecule has 0 saturated carbocycles. The van der Waals surface area contributed by atoms with Gasteiger partial charge in [-0.25, -0.2) is 14.5 Å². The van der Waals surface area contributed by atoms with Crippen LogP contribution in [0.3, 0.4) is 0 Å². The highest BCUT2D eigenvalue weighted by molar-refractivity contribution is 5.77. The third-order valence-electron chi connectivity index (χ3n) is 6.48. The number of ether oxygens (including phenoxy) is 1. The Morgan fingerprint density at radius 3 is 2.57 bits per heavy atom. The molecule has 3 aromatic rings. The molecule has 3 aromatic heterocycles. The number of piperidine rings is 1. The highest BCUT2D eigenvalue weighted by Gasteiger charge is 2.27. The molecular weight excluding hydrogens is 378 g/mol. The molecule has 0 aromatic carbocycles. The Labute approximate surface area is 177 Å². The molecule has 0 N–H and O–H groups in total. The smallest absolute Gasteiger partial charge is 0.213 e. The molecule has 2 saturated heterocycles. The van der Waals surface area contributed by atoms with Crippen LogP contribution in [-0.4, -0.2) is 88.8 Å². The first kappa shape index (κ1) is 19.3. The summed E-state index contributed by atoms with van der Waals surface area (Å²) < 4.78 is 7.13. The van der Waals surface area contributed by atoms with Crippen LogP contribution in [0.4, 0.5) is 5.69 Å². The number of hydrogen-bond acceptors (Lipinski definition) is 7. The van der Waals surface area contributed by atoms with Crippen molar-refractivity contribution in [1.82, 2.24) is 29.4 Å². The van der Waals surface area contributed by atoms with Crippen LogP contribution in [0, 0.1) is 0 Å². The van der Waals surface area contributed by atoms with Gasteiger partial charge in [-0.15, -0.1) is 0 Å². The second kappa shape index (κ2) is 8.20. The number of nitrogens with zero attached hydrogens (tertiary/aromatic N) is 7. The molecule has 2 fully saturated rings. The fourth-order valence-electron chi connectivity index (χ4n) is 4.60. The van der Waals surface area contributed by atoms with E-state index in [1.807, 2.05) is 29.0 Å². The summed E-state index contributed by atoms with van der Waals surface area (Å²) in [5.74, 6) is 0.590. The number of pyridine rings is 1. The highest BCUT2D eigenvalue weighted by atomic mass is 16.5. The normalized spacial score (nSPS) is 19.5. The second-order valence-corrected chi connectivity index (χ2v) is 8.28. The van der Waals surface area contributed by atoms with Gasteiger partial charge in [0.1, 0.15) is 0 Å². The van der Waals surface area contributed by atoms with Crippen molar-refractivity contribution in [3.05, 3.63) is 36.9 Å². The van der Waals surface area contributed by atoms with E-state index in [-0.39, 0.29) is 0 Å². The zero-order valence-electron chi connectivity index (χ0n) is 17.7. The molecule has 30 heavy (non-hydrogen) atoms. The summed E-state index contributed by atoms with van der Waals surface area (Å²) in [7, 11) is 3.84. The van der Waals surface area contributed by atoms with Gasteiger partial charge in [-0.1, -0.05) is 0 Å². The van der Waals surface area contributed by atoms with E-state index in [0.29, 0.717) is 11.9 Å². The standard InChI is InChI=1S/C22H29N7O/c1-26-9-11-28(12-10-26)18-4-7-27(8-5-18)19-14-24-22-20(15-25-29(22)16-19)17-3-6-23-21(13-17)30-2/h3,6,13-16,18H,4-5,7-12H2,1-2H3. The Balaban J connectivity index is 1.29. The largest absolute Gasteiger partial charge is 0.481 e. The molecule has 0 bridgehead atoms. The van der Waals surface area contributed by atoms with Crippen LogP contribution in [0.2, 0.25) is 0 Å². The Bertz CT molecular complexity index is 1000. The maximum Gasteiger partial charge on any atom is 0.213 e. The summed E-state index contributed by atoms with van der Waals surface area (Å²) in [6.07, 6.45) is 10.1. The number of hydrogen-bond donors (Lipinski definition) is 0. The van der Waals surface area contributed by atoms with E-state index in [4.69, 9.17) is 9.72 Å². The van der Waals surface area contributed by atoms with Gasteiger partial charge in [-0.2, -0.15) is 5.10 Å². The lowest BCUT2D eigenvalue weighted by atomic mass is 10.0. The SMILES string of the molecule is COc1cc(-c2cnn3cc(N4CCC(N5CCN(C)CC5)CC4)cnc23)ccn1. The quantitative estimate of drug-likeness (QED) is 0.656. The van der Waals surface area contributed by atoms with E-state index in [1.165, 1.54) is 39.0 Å². The topological polar surface area (TPSA) is 62.0 Å². The first-order valence-corrected chi connectivity index (χ1v) is 10.7. The maximum absolute atomic E-state index is 5.25. The predicted molar refractivity (Wildman–Crippen MR) is 117 cm³/mol. The summed E-state index contributed by atoms with van der Waals surface area (Å²) in [5.41, 5.74) is 3.97. The third kappa shape index (κ3) is 3.73. The Morgan fingerprint density at radius 2 is 1.80 bits per heavy atom. The van der Waals surface area contributed by atoms with Gasteiger partial charge in [-0.05, 0) is 31.5 Å². The van der Waals surface area contributed by atoms with Gasteiger partial charge in [0.25, 0.3) is 0 Å². The Kier molecular flexibility index (Phi) is 5.26. The van der Waals surface area contributed by atoms with Gasteiger partial charge in [0.2, 0.25) is 5.88 Å². The second-order valence-electron chi connectivity index (χ2n) is 8.28. The molecule has 0 aliphatic carbocycles. The third-order valence-corrected chi connectivity index (χ3v) is 6.48. The van der Waals surface area contributed by atoms with E-state index in [2.05, 4.69) is 38.0 Å². The van der Waals surface area contributed by atoms with Gasteiger partial charge in [0, 0.05) is 63.1 Å². The van der Waals surface area contributed by atoms with Gasteiger partial charge in [0.05, 0.1) is 31.4 Å². The lowest BCUT2D eigenvalue weighted by Crippen LogP contribution is -2.52. The predicted octanol–water partition coefficient (Wildman–Crippen LogP) is 2.02. The summed E-state index contributed by atoms with van der Waals surface area (Å²) in [6, 6.07) is 4.58. The molecule has 0 unspecified atom stereocenters. The van der Waals surface area contributed by atoms with Gasteiger partial charge >= 0.3 is 0 Å². The van der Waals surface area contributed by atoms with Crippen LogP contribution < -0.4 is 9.64 Å². The lowest BCUT2D eigenvalue weighted by molar-refractivity contribution is 0.0982. The van der Waals surface area contributed by atoms with E-state index in [0.717, 1.165) is 35.6 Å². The fraction of sp³-hybridized carbons (Fsp3) is 0.500. The van der Waals surface area contributed by atoms with Crippen molar-refractivity contribution in [2.45, 2.75) is 18.9 Å². The van der Waals surface area contributed by atoms with Crippen LogP contribution in [0.15, 0.2) is 36.9 Å². The van der Waals surface area contributed by atoms with Crippen molar-refractivity contribution < 1.29 is 4.74 Å². The molecule has 0 spiro atoms. The Hall–Kier alpha value is -2.71. The van der Waals surface area contributed by atoms with Crippen LogP contribution in [0.1, 0.15) is 12.8 Å². The number of likely N-dealkylation sites (N-methyl/N-ethyl adjacent to an activating group) is 1. The van der Waals surface area contributed by atoms with Crippen molar-refractivity contribution in [2.24, 2.45) is 0 Å². The van der Waals surface area contributed by atoms with Crippen molar-refractivity contribution in [3.8, 4) is 17.0 Å². The molecule has 5 rings (SSSR count). The number of rotatable bonds is 4. The lowest BCUT2D eigenvalue weighted by Gasteiger charge is -2.42. The van der Waals surface area contributed by atoms with E-state index >= 15 is 0 Å². The van der Waals surface area contributed by atoms with Crippen molar-refractivity contribution in [1.29, 1.82) is 0 Å². The molecule has 0 radical (unpaired) electrons. The van der Waals surface area contributed by atoms with Crippen LogP contribution >= 0.6 is 0 Å². The van der Waals surface area contributed by atoms with Gasteiger partial charge < -0.3 is 14.5 Å². The molecular formula is C22H29N7O. The van der Waals surface area contributed by atoms with Crippen LogP contribution in [-0.2, 0) is 0 Å². The summed E-state index contributed by atoms with van der Waals surface area (Å²) in [5, 5.41) is 4.55. The number of anilines is 1. The Morgan fingerprint density at radius 1 is 1.00 bits per heavy atom. The first-order chi connectivity index (χ1) is 14.7. The van der Waals surface area contributed by atoms with E-state index in [1.54, 1.807) is 13.3 Å². The zero-order valence-corrected chi connectivity index (χ0v) is 17.7. The van der Waals surface area contributed by atoms with Gasteiger partial charge in [-0.3, -0.25) is 4.90 Å².